The minimum atomic E-state index is -3.76. The Balaban J connectivity index is 2.41. The van der Waals surface area contributed by atoms with Crippen molar-refractivity contribution in [3.8, 4) is 0 Å². The first-order chi connectivity index (χ1) is 9.04. The van der Waals surface area contributed by atoms with Crippen molar-refractivity contribution >= 4 is 33.0 Å². The van der Waals surface area contributed by atoms with E-state index in [1.165, 1.54) is 6.07 Å². The van der Waals surface area contributed by atoms with Crippen molar-refractivity contribution in [1.29, 1.82) is 0 Å². The van der Waals surface area contributed by atoms with Gasteiger partial charge in [-0.05, 0) is 24.3 Å². The van der Waals surface area contributed by atoms with Crippen LogP contribution in [-0.2, 0) is 10.0 Å². The molecule has 0 aliphatic carbocycles. The predicted molar refractivity (Wildman–Crippen MR) is 76.5 cm³/mol. The van der Waals surface area contributed by atoms with Crippen LogP contribution in [0.2, 0.25) is 5.02 Å². The number of hydrogen-bond acceptors (Lipinski definition) is 4. The summed E-state index contributed by atoms with van der Waals surface area (Å²) in [5, 5.41) is 0.323. The summed E-state index contributed by atoms with van der Waals surface area (Å²) in [6.07, 6.45) is 0. The summed E-state index contributed by atoms with van der Waals surface area (Å²) in [7, 11) is -3.76. The van der Waals surface area contributed by atoms with E-state index in [1.54, 1.807) is 42.5 Å². The minimum Gasteiger partial charge on any atom is -0.323 e. The van der Waals surface area contributed by atoms with E-state index in [0.29, 0.717) is 16.4 Å². The third-order valence-corrected chi connectivity index (χ3v) is 4.20. The molecule has 4 N–H and O–H groups in total. The molecule has 100 valence electrons. The van der Waals surface area contributed by atoms with Gasteiger partial charge in [0.1, 0.15) is 4.90 Å². The zero-order valence-corrected chi connectivity index (χ0v) is 11.4. The van der Waals surface area contributed by atoms with Gasteiger partial charge in [-0.2, -0.15) is 0 Å². The van der Waals surface area contributed by atoms with E-state index in [-0.39, 0.29) is 4.90 Å². The molecule has 0 amide bonds. The lowest BCUT2D eigenvalue weighted by molar-refractivity contribution is 0.601. The lowest BCUT2D eigenvalue weighted by atomic mass is 10.3. The monoisotopic (exact) mass is 297 g/mol. The Labute approximate surface area is 116 Å². The molecule has 0 aliphatic rings. The van der Waals surface area contributed by atoms with Crippen LogP contribution in [0.15, 0.2) is 53.4 Å². The van der Waals surface area contributed by atoms with Gasteiger partial charge >= 0.3 is 0 Å². The van der Waals surface area contributed by atoms with Crippen molar-refractivity contribution < 1.29 is 8.42 Å². The number of nitrogens with two attached hydrogens (primary N) is 1. The first-order valence-corrected chi connectivity index (χ1v) is 7.24. The average Bonchev–Trinajstić information content (AvgIpc) is 2.41. The molecule has 0 heterocycles. The largest absolute Gasteiger partial charge is 0.323 e. The lowest BCUT2D eigenvalue weighted by Crippen LogP contribution is -2.17. The topological polar surface area (TPSA) is 84.2 Å². The molecule has 7 heteroatoms. The number of nitrogens with one attached hydrogen (secondary N) is 2. The normalized spacial score (nSPS) is 11.1. The molecule has 0 saturated heterocycles. The second kappa shape index (κ2) is 5.48. The van der Waals surface area contributed by atoms with E-state index < -0.39 is 10.0 Å². The number of hydrogen-bond donors (Lipinski definition) is 3. The zero-order chi connectivity index (χ0) is 13.9. The molecular weight excluding hydrogens is 286 g/mol. The molecule has 5 nitrogen and oxygen atoms in total. The quantitative estimate of drug-likeness (QED) is 0.598. The van der Waals surface area contributed by atoms with E-state index >= 15 is 0 Å². The Bertz CT molecular complexity index is 689. The van der Waals surface area contributed by atoms with Gasteiger partial charge in [-0.3, -0.25) is 10.6 Å². The minimum absolute atomic E-state index is 0.0532. The molecule has 0 radical (unpaired) electrons. The van der Waals surface area contributed by atoms with Crippen LogP contribution in [0.5, 0.6) is 0 Å². The van der Waals surface area contributed by atoms with Crippen LogP contribution < -0.4 is 16.0 Å². The summed E-state index contributed by atoms with van der Waals surface area (Å²) in [6, 6.07) is 12.9. The summed E-state index contributed by atoms with van der Waals surface area (Å²) in [6.45, 7) is 0. The van der Waals surface area contributed by atoms with Crippen molar-refractivity contribution in [2.24, 2.45) is 5.84 Å². The fourth-order valence-corrected chi connectivity index (χ4v) is 3.05. The lowest BCUT2D eigenvalue weighted by Gasteiger charge is -2.12. The van der Waals surface area contributed by atoms with E-state index in [4.69, 9.17) is 17.4 Å². The molecule has 2 aromatic rings. The van der Waals surface area contributed by atoms with E-state index in [9.17, 15) is 8.42 Å². The van der Waals surface area contributed by atoms with Gasteiger partial charge in [-0.15, -0.1) is 0 Å². The first kappa shape index (κ1) is 13.7. The molecule has 19 heavy (non-hydrogen) atoms. The van der Waals surface area contributed by atoms with Gasteiger partial charge in [0, 0.05) is 0 Å². The molecule has 2 rings (SSSR count). The molecule has 0 aromatic heterocycles. The molecule has 0 bridgehead atoms. The number of hydrazine groups is 1. The maximum Gasteiger partial charge on any atom is 0.264 e. The smallest absolute Gasteiger partial charge is 0.264 e. The maximum absolute atomic E-state index is 12.3. The van der Waals surface area contributed by atoms with Gasteiger partial charge < -0.3 is 5.43 Å². The molecule has 2 aromatic carbocycles. The highest BCUT2D eigenvalue weighted by molar-refractivity contribution is 7.92. The highest BCUT2D eigenvalue weighted by atomic mass is 35.5. The standard InChI is InChI=1S/C12H12ClN3O2S/c13-9-5-1-2-6-10(9)16-19(17,18)12-8-4-3-7-11(12)15-14/h1-8,15-16H,14H2. The van der Waals surface area contributed by atoms with Gasteiger partial charge in [0.2, 0.25) is 0 Å². The fraction of sp³-hybridized carbons (Fsp3) is 0. The molecular formula is C12H12ClN3O2S. The van der Waals surface area contributed by atoms with Crippen LogP contribution >= 0.6 is 11.6 Å². The molecule has 0 atom stereocenters. The van der Waals surface area contributed by atoms with Crippen LogP contribution in [0.4, 0.5) is 11.4 Å². The Morgan fingerprint density at radius 1 is 0.947 bits per heavy atom. The average molecular weight is 298 g/mol. The Hall–Kier alpha value is -1.76. The maximum atomic E-state index is 12.3. The van der Waals surface area contributed by atoms with E-state index in [2.05, 4.69) is 10.1 Å². The number of nitrogen functional groups attached to an aromatic ring is 1. The van der Waals surface area contributed by atoms with Crippen molar-refractivity contribution in [2.75, 3.05) is 10.1 Å². The van der Waals surface area contributed by atoms with Gasteiger partial charge in [0.05, 0.1) is 16.4 Å². The highest BCUT2D eigenvalue weighted by Gasteiger charge is 2.18. The van der Waals surface area contributed by atoms with Crippen LogP contribution in [0.25, 0.3) is 0 Å². The van der Waals surface area contributed by atoms with Crippen LogP contribution in [0.1, 0.15) is 0 Å². The Morgan fingerprint density at radius 3 is 2.16 bits per heavy atom. The number of halogens is 1. The second-order valence-corrected chi connectivity index (χ2v) is 5.78. The molecule has 0 saturated carbocycles. The third kappa shape index (κ3) is 2.98. The highest BCUT2D eigenvalue weighted by Crippen LogP contribution is 2.26. The summed E-state index contributed by atoms with van der Waals surface area (Å²) < 4.78 is 27.0. The molecule has 0 fully saturated rings. The van der Waals surface area contributed by atoms with Gasteiger partial charge in [0.15, 0.2) is 0 Å². The summed E-state index contributed by atoms with van der Waals surface area (Å²) >= 11 is 5.92. The van der Waals surface area contributed by atoms with Crippen molar-refractivity contribution in [3.05, 3.63) is 53.6 Å². The predicted octanol–water partition coefficient (Wildman–Crippen LogP) is 2.43. The van der Waals surface area contributed by atoms with Crippen molar-refractivity contribution in [1.82, 2.24) is 0 Å². The van der Waals surface area contributed by atoms with Crippen LogP contribution in [-0.4, -0.2) is 8.42 Å². The summed E-state index contributed by atoms with van der Waals surface area (Å²) in [4.78, 5) is 0.0532. The first-order valence-electron chi connectivity index (χ1n) is 5.37. The number of anilines is 2. The molecule has 0 spiro atoms. The Morgan fingerprint density at radius 2 is 1.53 bits per heavy atom. The van der Waals surface area contributed by atoms with Crippen molar-refractivity contribution in [2.45, 2.75) is 4.90 Å². The van der Waals surface area contributed by atoms with Crippen molar-refractivity contribution in [3.63, 3.8) is 0 Å². The Kier molecular flexibility index (Phi) is 3.94. The fourth-order valence-electron chi connectivity index (χ4n) is 1.56. The number of sulfonamides is 1. The number of para-hydroxylation sites is 2. The molecule has 0 aliphatic heterocycles. The van der Waals surface area contributed by atoms with E-state index in [0.717, 1.165) is 0 Å². The van der Waals surface area contributed by atoms with E-state index in [1.807, 2.05) is 0 Å². The third-order valence-electron chi connectivity index (χ3n) is 2.45. The zero-order valence-electron chi connectivity index (χ0n) is 9.80. The summed E-state index contributed by atoms with van der Waals surface area (Å²) in [5.41, 5.74) is 2.97. The van der Waals surface area contributed by atoms with Gasteiger partial charge in [-0.1, -0.05) is 35.9 Å². The van der Waals surface area contributed by atoms with Gasteiger partial charge in [-0.25, -0.2) is 8.42 Å². The second-order valence-electron chi connectivity index (χ2n) is 3.73. The molecule has 0 unspecified atom stereocenters. The van der Waals surface area contributed by atoms with Crippen LogP contribution in [0, 0.1) is 0 Å². The number of rotatable bonds is 4. The number of benzene rings is 2. The van der Waals surface area contributed by atoms with Crippen LogP contribution in [0.3, 0.4) is 0 Å². The van der Waals surface area contributed by atoms with Gasteiger partial charge in [0.25, 0.3) is 10.0 Å². The SMILES string of the molecule is NNc1ccccc1S(=O)(=O)Nc1ccccc1Cl. The summed E-state index contributed by atoms with van der Waals surface area (Å²) in [5.74, 6) is 5.30.